The van der Waals surface area contributed by atoms with E-state index in [1.165, 1.54) is 0 Å². The summed E-state index contributed by atoms with van der Waals surface area (Å²) in [5.41, 5.74) is 0.227. The molecule has 1 aliphatic rings. The molecule has 17 heavy (non-hydrogen) atoms. The Labute approximate surface area is 100 Å². The number of aldehydes is 1. The second-order valence-corrected chi connectivity index (χ2v) is 4.57. The second kappa shape index (κ2) is 4.71. The molecule has 2 atom stereocenters. The molecule has 2 rings (SSSR count). The number of aromatic hydroxyl groups is 1. The van der Waals surface area contributed by atoms with Gasteiger partial charge in [0.15, 0.2) is 6.29 Å². The summed E-state index contributed by atoms with van der Waals surface area (Å²) in [7, 11) is 0. The lowest BCUT2D eigenvalue weighted by Gasteiger charge is -2.36. The number of carbonyl (C=O) groups excluding carboxylic acids is 1. The third-order valence-corrected chi connectivity index (χ3v) is 2.90. The summed E-state index contributed by atoms with van der Waals surface area (Å²) in [6, 6.07) is 4.14. The second-order valence-electron chi connectivity index (χ2n) is 4.57. The van der Waals surface area contributed by atoms with Crippen molar-refractivity contribution in [1.82, 2.24) is 10.3 Å². The fourth-order valence-corrected chi connectivity index (χ4v) is 2.23. The molecular weight excluding hydrogens is 218 g/mol. The van der Waals surface area contributed by atoms with Gasteiger partial charge < -0.3 is 15.3 Å². The Kier molecular flexibility index (Phi) is 3.28. The van der Waals surface area contributed by atoms with E-state index in [1.54, 1.807) is 12.1 Å². The minimum Gasteiger partial charge on any atom is -0.493 e. The van der Waals surface area contributed by atoms with Crippen LogP contribution in [-0.2, 0) is 0 Å². The first-order valence-electron chi connectivity index (χ1n) is 5.76. The summed E-state index contributed by atoms with van der Waals surface area (Å²) in [6.45, 7) is 5.92. The van der Waals surface area contributed by atoms with E-state index in [9.17, 15) is 9.90 Å². The number of piperazine rings is 1. The molecule has 0 saturated carbocycles. The standard InChI is InChI=1S/C12H17N3O2/c1-8-5-15(6-9(2)13-8)11-4-3-10(7-16)12(17)14-11/h3-4,7-9,13H,5-6H2,1-2H3,(H,14,17). The Morgan fingerprint density at radius 2 is 2.06 bits per heavy atom. The quantitative estimate of drug-likeness (QED) is 0.742. The molecular formula is C12H17N3O2. The van der Waals surface area contributed by atoms with E-state index in [0.29, 0.717) is 24.2 Å². The van der Waals surface area contributed by atoms with Crippen molar-refractivity contribution in [3.05, 3.63) is 17.7 Å². The molecule has 2 heterocycles. The number of rotatable bonds is 2. The van der Waals surface area contributed by atoms with E-state index in [4.69, 9.17) is 0 Å². The Hall–Kier alpha value is -1.62. The number of anilines is 1. The number of nitrogens with zero attached hydrogens (tertiary/aromatic N) is 2. The van der Waals surface area contributed by atoms with Gasteiger partial charge in [-0.25, -0.2) is 0 Å². The van der Waals surface area contributed by atoms with Gasteiger partial charge in [-0.1, -0.05) is 0 Å². The Bertz CT molecular complexity index is 412. The van der Waals surface area contributed by atoms with Crippen molar-refractivity contribution in [1.29, 1.82) is 0 Å². The van der Waals surface area contributed by atoms with E-state index in [1.807, 2.05) is 0 Å². The first-order valence-corrected chi connectivity index (χ1v) is 5.76. The Morgan fingerprint density at radius 1 is 1.41 bits per heavy atom. The van der Waals surface area contributed by atoms with Crippen molar-refractivity contribution >= 4 is 12.1 Å². The van der Waals surface area contributed by atoms with Crippen molar-refractivity contribution in [2.24, 2.45) is 0 Å². The van der Waals surface area contributed by atoms with E-state index < -0.39 is 0 Å². The smallest absolute Gasteiger partial charge is 0.223 e. The molecule has 1 aliphatic heterocycles. The highest BCUT2D eigenvalue weighted by Gasteiger charge is 2.22. The van der Waals surface area contributed by atoms with E-state index >= 15 is 0 Å². The maximum Gasteiger partial charge on any atom is 0.223 e. The number of hydrogen-bond acceptors (Lipinski definition) is 5. The molecule has 92 valence electrons. The summed E-state index contributed by atoms with van der Waals surface area (Å²) in [5, 5.41) is 13.0. The van der Waals surface area contributed by atoms with E-state index in [2.05, 4.69) is 29.0 Å². The number of carbonyl (C=O) groups is 1. The van der Waals surface area contributed by atoms with Crippen LogP contribution in [0.3, 0.4) is 0 Å². The number of aromatic nitrogens is 1. The molecule has 0 amide bonds. The van der Waals surface area contributed by atoms with Crippen molar-refractivity contribution < 1.29 is 9.90 Å². The maximum absolute atomic E-state index is 10.6. The van der Waals surface area contributed by atoms with Crippen LogP contribution in [0.1, 0.15) is 24.2 Å². The Morgan fingerprint density at radius 3 is 2.59 bits per heavy atom. The molecule has 0 aromatic carbocycles. The summed E-state index contributed by atoms with van der Waals surface area (Å²) in [6.07, 6.45) is 0.606. The Balaban J connectivity index is 2.21. The van der Waals surface area contributed by atoms with Crippen LogP contribution in [0.15, 0.2) is 12.1 Å². The van der Waals surface area contributed by atoms with Crippen LogP contribution in [0.2, 0.25) is 0 Å². The van der Waals surface area contributed by atoms with Crippen LogP contribution in [0, 0.1) is 0 Å². The fourth-order valence-electron chi connectivity index (χ4n) is 2.23. The predicted molar refractivity (Wildman–Crippen MR) is 65.6 cm³/mol. The van der Waals surface area contributed by atoms with Crippen LogP contribution in [-0.4, -0.2) is 41.5 Å². The molecule has 0 radical (unpaired) electrons. The molecule has 2 N–H and O–H groups in total. The normalized spacial score (nSPS) is 24.7. The largest absolute Gasteiger partial charge is 0.493 e. The van der Waals surface area contributed by atoms with Gasteiger partial charge in [0.05, 0.1) is 5.56 Å². The van der Waals surface area contributed by atoms with Gasteiger partial charge in [0.25, 0.3) is 0 Å². The third kappa shape index (κ3) is 2.55. The van der Waals surface area contributed by atoms with Gasteiger partial charge in [0.1, 0.15) is 5.82 Å². The highest BCUT2D eigenvalue weighted by Crippen LogP contribution is 2.20. The maximum atomic E-state index is 10.6. The van der Waals surface area contributed by atoms with Gasteiger partial charge in [-0.3, -0.25) is 4.79 Å². The minimum absolute atomic E-state index is 0.198. The molecule has 1 aromatic rings. The van der Waals surface area contributed by atoms with Crippen LogP contribution < -0.4 is 10.2 Å². The van der Waals surface area contributed by atoms with Gasteiger partial charge in [-0.05, 0) is 26.0 Å². The lowest BCUT2D eigenvalue weighted by Crippen LogP contribution is -2.54. The predicted octanol–water partition coefficient (Wildman–Crippen LogP) is 0.786. The SMILES string of the molecule is CC1CN(c2ccc(C=O)c(O)n2)CC(C)N1. The molecule has 1 saturated heterocycles. The minimum atomic E-state index is -0.198. The average molecular weight is 235 g/mol. The topological polar surface area (TPSA) is 65.5 Å². The van der Waals surface area contributed by atoms with Gasteiger partial charge in [-0.15, -0.1) is 0 Å². The molecule has 0 spiro atoms. The summed E-state index contributed by atoms with van der Waals surface area (Å²) < 4.78 is 0. The lowest BCUT2D eigenvalue weighted by atomic mass is 10.1. The molecule has 0 aliphatic carbocycles. The zero-order valence-corrected chi connectivity index (χ0v) is 10.1. The molecule has 2 unspecified atom stereocenters. The molecule has 5 nitrogen and oxygen atoms in total. The van der Waals surface area contributed by atoms with Crippen molar-refractivity contribution in [2.75, 3.05) is 18.0 Å². The molecule has 1 fully saturated rings. The number of hydrogen-bond donors (Lipinski definition) is 2. The van der Waals surface area contributed by atoms with Crippen molar-refractivity contribution in [2.45, 2.75) is 25.9 Å². The summed E-state index contributed by atoms with van der Waals surface area (Å²) >= 11 is 0. The zero-order valence-electron chi connectivity index (χ0n) is 10.1. The van der Waals surface area contributed by atoms with E-state index in [-0.39, 0.29) is 11.4 Å². The number of nitrogens with one attached hydrogen (secondary N) is 1. The van der Waals surface area contributed by atoms with Crippen LogP contribution in [0.4, 0.5) is 5.82 Å². The average Bonchev–Trinajstić information content (AvgIpc) is 2.27. The lowest BCUT2D eigenvalue weighted by molar-refractivity contribution is 0.112. The molecule has 5 heteroatoms. The summed E-state index contributed by atoms with van der Waals surface area (Å²) in [4.78, 5) is 16.8. The van der Waals surface area contributed by atoms with Gasteiger partial charge in [-0.2, -0.15) is 4.98 Å². The highest BCUT2D eigenvalue weighted by atomic mass is 16.3. The summed E-state index contributed by atoms with van der Waals surface area (Å²) in [5.74, 6) is 0.518. The first kappa shape index (κ1) is 11.9. The fraction of sp³-hybridized carbons (Fsp3) is 0.500. The third-order valence-electron chi connectivity index (χ3n) is 2.90. The number of pyridine rings is 1. The monoisotopic (exact) mass is 235 g/mol. The highest BCUT2D eigenvalue weighted by molar-refractivity contribution is 5.78. The van der Waals surface area contributed by atoms with Crippen LogP contribution in [0.5, 0.6) is 5.88 Å². The van der Waals surface area contributed by atoms with Crippen LogP contribution in [0.25, 0.3) is 0 Å². The zero-order chi connectivity index (χ0) is 12.4. The first-order chi connectivity index (χ1) is 8.10. The van der Waals surface area contributed by atoms with Crippen molar-refractivity contribution in [3.63, 3.8) is 0 Å². The van der Waals surface area contributed by atoms with Gasteiger partial charge in [0, 0.05) is 25.2 Å². The van der Waals surface area contributed by atoms with Gasteiger partial charge >= 0.3 is 0 Å². The van der Waals surface area contributed by atoms with Crippen LogP contribution >= 0.6 is 0 Å². The van der Waals surface area contributed by atoms with Crippen molar-refractivity contribution in [3.8, 4) is 5.88 Å². The molecule has 0 bridgehead atoms. The molecule has 1 aromatic heterocycles. The van der Waals surface area contributed by atoms with E-state index in [0.717, 1.165) is 13.1 Å². The van der Waals surface area contributed by atoms with Gasteiger partial charge in [0.2, 0.25) is 5.88 Å².